The fourth-order valence-electron chi connectivity index (χ4n) is 2.09. The molecule has 1 aromatic rings. The topological polar surface area (TPSA) is 45.2 Å². The smallest absolute Gasteiger partial charge is 0.309 e. The highest BCUT2D eigenvalue weighted by Crippen LogP contribution is 2.27. The van der Waals surface area contributed by atoms with E-state index in [1.807, 2.05) is 39.8 Å². The second-order valence-electron chi connectivity index (χ2n) is 7.38. The Kier molecular flexibility index (Phi) is 8.02. The fourth-order valence-corrected chi connectivity index (χ4v) is 2.98. The zero-order chi connectivity index (χ0) is 19.3. The van der Waals surface area contributed by atoms with Crippen LogP contribution in [0.3, 0.4) is 0 Å². The van der Waals surface area contributed by atoms with Crippen molar-refractivity contribution in [2.75, 3.05) is 20.6 Å². The van der Waals surface area contributed by atoms with E-state index >= 15 is 0 Å². The number of halogens is 3. The number of alkyl halides is 3. The molecule has 0 radical (unpaired) electrons. The molecular weight excluding hydrogens is 351 g/mol. The SMILES string of the molecule is CN(C)CC[C@H](CCc1ccc(C(F)(F)F)nc1)N[S@@](=O)C(C)(C)C. The average molecular weight is 379 g/mol. The van der Waals surface area contributed by atoms with Gasteiger partial charge in [-0.3, -0.25) is 4.98 Å². The molecule has 0 spiro atoms. The van der Waals surface area contributed by atoms with Crippen LogP contribution in [0.4, 0.5) is 13.2 Å². The first-order chi connectivity index (χ1) is 11.4. The molecule has 144 valence electrons. The number of nitrogens with zero attached hydrogens (tertiary/aromatic N) is 2. The molecule has 0 amide bonds. The van der Waals surface area contributed by atoms with Crippen molar-refractivity contribution in [1.82, 2.24) is 14.6 Å². The minimum atomic E-state index is -4.42. The number of nitrogens with one attached hydrogen (secondary N) is 1. The lowest BCUT2D eigenvalue weighted by molar-refractivity contribution is -0.141. The van der Waals surface area contributed by atoms with Crippen LogP contribution < -0.4 is 4.72 Å². The summed E-state index contributed by atoms with van der Waals surface area (Å²) in [4.78, 5) is 5.54. The predicted octanol–water partition coefficient (Wildman–Crippen LogP) is 3.41. The molecule has 0 bridgehead atoms. The molecule has 0 saturated heterocycles. The van der Waals surface area contributed by atoms with E-state index in [-0.39, 0.29) is 10.8 Å². The van der Waals surface area contributed by atoms with Crippen LogP contribution in [0.5, 0.6) is 0 Å². The van der Waals surface area contributed by atoms with E-state index in [1.54, 1.807) is 0 Å². The lowest BCUT2D eigenvalue weighted by Gasteiger charge is -2.25. The Morgan fingerprint density at radius 3 is 2.28 bits per heavy atom. The van der Waals surface area contributed by atoms with E-state index < -0.39 is 22.9 Å². The van der Waals surface area contributed by atoms with Gasteiger partial charge in [0.2, 0.25) is 0 Å². The van der Waals surface area contributed by atoms with Crippen molar-refractivity contribution in [1.29, 1.82) is 0 Å². The molecule has 0 aliphatic carbocycles. The van der Waals surface area contributed by atoms with Crippen molar-refractivity contribution in [3.63, 3.8) is 0 Å². The summed E-state index contributed by atoms with van der Waals surface area (Å²) < 4.78 is 52.8. The summed E-state index contributed by atoms with van der Waals surface area (Å²) in [5, 5.41) is 0. The Morgan fingerprint density at radius 2 is 1.84 bits per heavy atom. The molecule has 1 N–H and O–H groups in total. The van der Waals surface area contributed by atoms with Gasteiger partial charge in [-0.2, -0.15) is 13.2 Å². The van der Waals surface area contributed by atoms with Crippen LogP contribution in [0, 0.1) is 0 Å². The third-order valence-corrected chi connectivity index (χ3v) is 5.31. The van der Waals surface area contributed by atoms with Gasteiger partial charge in [-0.15, -0.1) is 0 Å². The summed E-state index contributed by atoms with van der Waals surface area (Å²) in [6.45, 7) is 6.54. The van der Waals surface area contributed by atoms with Crippen LogP contribution in [-0.4, -0.2) is 45.5 Å². The number of hydrogen-bond acceptors (Lipinski definition) is 3. The molecular formula is C17H28F3N3OS. The predicted molar refractivity (Wildman–Crippen MR) is 95.6 cm³/mol. The highest BCUT2D eigenvalue weighted by molar-refractivity contribution is 7.84. The van der Waals surface area contributed by atoms with Crippen molar-refractivity contribution in [2.45, 2.75) is 57.0 Å². The molecule has 0 aliphatic rings. The molecule has 0 aliphatic heterocycles. The van der Waals surface area contributed by atoms with E-state index in [4.69, 9.17) is 0 Å². The van der Waals surface area contributed by atoms with Gasteiger partial charge in [0, 0.05) is 12.2 Å². The van der Waals surface area contributed by atoms with Gasteiger partial charge in [0.15, 0.2) is 0 Å². The van der Waals surface area contributed by atoms with Gasteiger partial charge in [-0.05, 0) is 72.3 Å². The minimum absolute atomic E-state index is 0.0183. The third-order valence-electron chi connectivity index (χ3n) is 3.65. The summed E-state index contributed by atoms with van der Waals surface area (Å²) in [6.07, 6.45) is -1.08. The highest BCUT2D eigenvalue weighted by Gasteiger charge is 2.32. The average Bonchev–Trinajstić information content (AvgIpc) is 2.48. The Morgan fingerprint density at radius 1 is 1.20 bits per heavy atom. The fraction of sp³-hybridized carbons (Fsp3) is 0.706. The van der Waals surface area contributed by atoms with Gasteiger partial charge < -0.3 is 4.90 Å². The van der Waals surface area contributed by atoms with E-state index in [2.05, 4.69) is 9.71 Å². The van der Waals surface area contributed by atoms with Crippen LogP contribution in [-0.2, 0) is 23.6 Å². The molecule has 1 rings (SSSR count). The molecule has 4 nitrogen and oxygen atoms in total. The lowest BCUT2D eigenvalue weighted by Crippen LogP contribution is -2.41. The summed E-state index contributed by atoms with van der Waals surface area (Å²) >= 11 is 0. The Bertz CT molecular complexity index is 554. The maximum atomic E-state index is 12.6. The number of aryl methyl sites for hydroxylation is 1. The number of rotatable bonds is 8. The number of aromatic nitrogens is 1. The molecule has 0 aromatic carbocycles. The molecule has 0 unspecified atom stereocenters. The standard InChI is InChI=1S/C17H28F3N3OS/c1-16(2,3)25(24)22-14(10-11-23(4)5)8-6-13-7-9-15(21-12-13)17(18,19)20/h7,9,12,14,22H,6,8,10-11H2,1-5H3/t14-,25-/m0/s1. The Balaban J connectivity index is 2.69. The zero-order valence-electron chi connectivity index (χ0n) is 15.5. The molecule has 25 heavy (non-hydrogen) atoms. The van der Waals surface area contributed by atoms with Gasteiger partial charge in [0.05, 0.1) is 15.7 Å². The normalized spacial score (nSPS) is 15.4. The molecule has 0 fully saturated rings. The summed E-state index contributed by atoms with van der Waals surface area (Å²) in [5.74, 6) is 0. The zero-order valence-corrected chi connectivity index (χ0v) is 16.3. The minimum Gasteiger partial charge on any atom is -0.309 e. The molecule has 2 atom stereocenters. The number of pyridine rings is 1. The Hall–Kier alpha value is -0.990. The van der Waals surface area contributed by atoms with E-state index in [1.165, 1.54) is 12.3 Å². The molecule has 8 heteroatoms. The van der Waals surface area contributed by atoms with Crippen LogP contribution in [0.2, 0.25) is 0 Å². The van der Waals surface area contributed by atoms with E-state index in [0.717, 1.165) is 24.6 Å². The van der Waals surface area contributed by atoms with Gasteiger partial charge in [0.1, 0.15) is 5.69 Å². The van der Waals surface area contributed by atoms with E-state index in [0.29, 0.717) is 12.8 Å². The van der Waals surface area contributed by atoms with E-state index in [9.17, 15) is 17.4 Å². The van der Waals surface area contributed by atoms with Crippen LogP contribution in [0.1, 0.15) is 44.9 Å². The molecule has 1 aromatic heterocycles. The maximum absolute atomic E-state index is 12.6. The van der Waals surface area contributed by atoms with Gasteiger partial charge in [0.25, 0.3) is 0 Å². The van der Waals surface area contributed by atoms with Gasteiger partial charge in [-0.1, -0.05) is 6.07 Å². The van der Waals surface area contributed by atoms with Crippen molar-refractivity contribution < 1.29 is 17.4 Å². The van der Waals surface area contributed by atoms with Crippen LogP contribution in [0.25, 0.3) is 0 Å². The second kappa shape index (κ2) is 9.09. The largest absolute Gasteiger partial charge is 0.433 e. The first kappa shape index (κ1) is 22.1. The van der Waals surface area contributed by atoms with Gasteiger partial charge >= 0.3 is 6.18 Å². The molecule has 1 heterocycles. The quantitative estimate of drug-likeness (QED) is 0.753. The molecule has 0 saturated carbocycles. The van der Waals surface area contributed by atoms with Gasteiger partial charge in [-0.25, -0.2) is 8.93 Å². The summed E-state index contributed by atoms with van der Waals surface area (Å²) in [6, 6.07) is 2.48. The number of hydrogen-bond donors (Lipinski definition) is 1. The summed E-state index contributed by atoms with van der Waals surface area (Å²) in [7, 11) is 2.75. The van der Waals surface area contributed by atoms with Crippen LogP contribution >= 0.6 is 0 Å². The van der Waals surface area contributed by atoms with Crippen molar-refractivity contribution >= 4 is 11.0 Å². The summed E-state index contributed by atoms with van der Waals surface area (Å²) in [5.41, 5.74) is -0.140. The van der Waals surface area contributed by atoms with Crippen molar-refractivity contribution in [2.24, 2.45) is 0 Å². The maximum Gasteiger partial charge on any atom is 0.433 e. The van der Waals surface area contributed by atoms with Crippen molar-refractivity contribution in [3.05, 3.63) is 29.6 Å². The first-order valence-corrected chi connectivity index (χ1v) is 9.39. The Labute approximate surface area is 150 Å². The monoisotopic (exact) mass is 379 g/mol. The third kappa shape index (κ3) is 8.29. The first-order valence-electron chi connectivity index (χ1n) is 8.24. The highest BCUT2D eigenvalue weighted by atomic mass is 32.2. The van der Waals surface area contributed by atoms with Crippen molar-refractivity contribution in [3.8, 4) is 0 Å². The second-order valence-corrected chi connectivity index (χ2v) is 9.37. The lowest BCUT2D eigenvalue weighted by atomic mass is 10.0. The van der Waals surface area contributed by atoms with Crippen LogP contribution in [0.15, 0.2) is 18.3 Å².